The van der Waals surface area contributed by atoms with E-state index in [4.69, 9.17) is 8.85 Å². The molecule has 0 atom stereocenters. The molecule has 3 aromatic rings. The van der Waals surface area contributed by atoms with Gasteiger partial charge in [-0.05, 0) is 64.8 Å². The molecular formula is C29H36N8O4S. The van der Waals surface area contributed by atoms with Crippen LogP contribution in [0.15, 0.2) is 30.5 Å². The summed E-state index contributed by atoms with van der Waals surface area (Å²) in [6.07, 6.45) is 7.01. The molecule has 42 heavy (non-hydrogen) atoms. The SMILES string of the molecule is [2H]C([2H])([2H])NC(=O)c1nnc(NC(=O)C2CC2)cc1Nc1cccc(-c2ncc(C(=O)NC3CCC(N(C)C)CC3)s2)c1OC. The van der Waals surface area contributed by atoms with E-state index in [9.17, 15) is 14.4 Å². The third-order valence-electron chi connectivity index (χ3n) is 7.53. The molecule has 0 saturated heterocycles. The number of aromatic nitrogens is 3. The molecule has 3 amide bonds. The number of carbonyl (C=O) groups is 3. The highest BCUT2D eigenvalue weighted by Crippen LogP contribution is 2.40. The van der Waals surface area contributed by atoms with Gasteiger partial charge >= 0.3 is 0 Å². The Morgan fingerprint density at radius 1 is 1.05 bits per heavy atom. The van der Waals surface area contributed by atoms with Crippen LogP contribution in [-0.4, -0.2) is 78.1 Å². The van der Waals surface area contributed by atoms with E-state index in [0.29, 0.717) is 32.9 Å². The summed E-state index contributed by atoms with van der Waals surface area (Å²) in [6.45, 7) is -2.76. The number of para-hydroxylation sites is 1. The minimum absolute atomic E-state index is 0.0940. The molecule has 12 nitrogen and oxygen atoms in total. The van der Waals surface area contributed by atoms with Gasteiger partial charge in [-0.15, -0.1) is 21.5 Å². The predicted molar refractivity (Wildman–Crippen MR) is 161 cm³/mol. The predicted octanol–water partition coefficient (Wildman–Crippen LogP) is 3.66. The second kappa shape index (κ2) is 12.8. The number of carbonyl (C=O) groups excluding carboxylic acids is 3. The zero-order valence-electron chi connectivity index (χ0n) is 26.7. The number of hydrogen-bond donors (Lipinski definition) is 4. The lowest BCUT2D eigenvalue weighted by molar-refractivity contribution is -0.117. The van der Waals surface area contributed by atoms with E-state index in [-0.39, 0.29) is 41.0 Å². The van der Waals surface area contributed by atoms with Gasteiger partial charge in [0.2, 0.25) is 5.91 Å². The Kier molecular flexibility index (Phi) is 7.82. The van der Waals surface area contributed by atoms with Crippen molar-refractivity contribution >= 4 is 46.3 Å². The standard InChI is InChI=1S/C29H36N8O4S/c1-30-28(40)24-21(14-23(35-36-24)34-26(38)16-8-9-16)33-20-7-5-6-19(25(20)41-4)29-31-15-22(42-29)27(39)32-17-10-12-18(13-11-17)37(2)3/h5-7,14-18H,8-13H2,1-4H3,(H,30,40)(H,32,39)(H2,33,34,35,38)/i1D3. The lowest BCUT2D eigenvalue weighted by Gasteiger charge is -2.32. The van der Waals surface area contributed by atoms with Crippen LogP contribution in [0, 0.1) is 5.92 Å². The quantitative estimate of drug-likeness (QED) is 0.275. The molecule has 0 bridgehead atoms. The van der Waals surface area contributed by atoms with Crippen LogP contribution in [0.25, 0.3) is 10.6 Å². The molecule has 2 heterocycles. The van der Waals surface area contributed by atoms with E-state index < -0.39 is 12.9 Å². The summed E-state index contributed by atoms with van der Waals surface area (Å²) >= 11 is 1.23. The van der Waals surface area contributed by atoms with Crippen molar-refractivity contribution in [1.82, 2.24) is 30.7 Å². The molecule has 13 heteroatoms. The van der Waals surface area contributed by atoms with Gasteiger partial charge in [-0.25, -0.2) is 4.98 Å². The number of nitrogens with one attached hydrogen (secondary N) is 4. The Bertz CT molecular complexity index is 1570. The van der Waals surface area contributed by atoms with E-state index in [1.54, 1.807) is 24.4 Å². The van der Waals surface area contributed by atoms with E-state index in [0.717, 1.165) is 38.5 Å². The van der Waals surface area contributed by atoms with Crippen LogP contribution >= 0.6 is 11.3 Å². The Morgan fingerprint density at radius 2 is 1.83 bits per heavy atom. The van der Waals surface area contributed by atoms with Gasteiger partial charge in [-0.2, -0.15) is 0 Å². The molecule has 2 aliphatic carbocycles. The maximum absolute atomic E-state index is 13.1. The van der Waals surface area contributed by atoms with Gasteiger partial charge in [0.15, 0.2) is 17.3 Å². The minimum atomic E-state index is -2.76. The Morgan fingerprint density at radius 3 is 2.52 bits per heavy atom. The number of benzene rings is 1. The molecule has 2 fully saturated rings. The van der Waals surface area contributed by atoms with Crippen LogP contribution in [0.2, 0.25) is 0 Å². The molecule has 5 rings (SSSR count). The molecule has 222 valence electrons. The molecule has 2 saturated carbocycles. The number of rotatable bonds is 10. The monoisotopic (exact) mass is 595 g/mol. The number of thiazole rings is 1. The van der Waals surface area contributed by atoms with E-state index in [2.05, 4.69) is 50.1 Å². The molecular weight excluding hydrogens is 556 g/mol. The Hall–Kier alpha value is -4.10. The molecule has 1 aromatic carbocycles. The maximum Gasteiger partial charge on any atom is 0.273 e. The van der Waals surface area contributed by atoms with Gasteiger partial charge in [-0.1, -0.05) is 6.07 Å². The van der Waals surface area contributed by atoms with Crippen LogP contribution in [0.3, 0.4) is 0 Å². The number of ether oxygens (including phenoxy) is 1. The highest BCUT2D eigenvalue weighted by atomic mass is 32.1. The second-order valence-electron chi connectivity index (χ2n) is 10.7. The molecule has 0 aliphatic heterocycles. The first-order chi connectivity index (χ1) is 21.4. The summed E-state index contributed by atoms with van der Waals surface area (Å²) in [7, 11) is 5.64. The van der Waals surface area contributed by atoms with Gasteiger partial charge in [0.25, 0.3) is 11.8 Å². The van der Waals surface area contributed by atoms with Crippen molar-refractivity contribution in [3.05, 3.63) is 41.0 Å². The molecule has 0 radical (unpaired) electrons. The number of methoxy groups -OCH3 is 1. The molecule has 0 spiro atoms. The largest absolute Gasteiger partial charge is 0.494 e. The fourth-order valence-electron chi connectivity index (χ4n) is 5.01. The first-order valence-electron chi connectivity index (χ1n) is 15.3. The summed E-state index contributed by atoms with van der Waals surface area (Å²) in [4.78, 5) is 45.5. The fourth-order valence-corrected chi connectivity index (χ4v) is 5.86. The van der Waals surface area contributed by atoms with Crippen LogP contribution in [0.4, 0.5) is 17.2 Å². The smallest absolute Gasteiger partial charge is 0.273 e. The van der Waals surface area contributed by atoms with Crippen molar-refractivity contribution < 1.29 is 23.2 Å². The van der Waals surface area contributed by atoms with Crippen molar-refractivity contribution in [1.29, 1.82) is 0 Å². The van der Waals surface area contributed by atoms with Gasteiger partial charge in [0.1, 0.15) is 9.88 Å². The van der Waals surface area contributed by atoms with Crippen molar-refractivity contribution in [3.8, 4) is 16.3 Å². The first kappa shape index (κ1) is 25.6. The van der Waals surface area contributed by atoms with Gasteiger partial charge in [0, 0.05) is 35.2 Å². The topological polar surface area (TPSA) is 150 Å². The highest BCUT2D eigenvalue weighted by Gasteiger charge is 2.30. The van der Waals surface area contributed by atoms with E-state index in [1.165, 1.54) is 24.5 Å². The Balaban J connectivity index is 1.38. The number of anilines is 3. The zero-order valence-corrected chi connectivity index (χ0v) is 24.5. The average Bonchev–Trinajstić information content (AvgIpc) is 3.73. The van der Waals surface area contributed by atoms with Gasteiger partial charge in [0.05, 0.1) is 30.2 Å². The maximum atomic E-state index is 13.1. The summed E-state index contributed by atoms with van der Waals surface area (Å²) in [6, 6.07) is 7.29. The van der Waals surface area contributed by atoms with Gasteiger partial charge in [-0.3, -0.25) is 14.4 Å². The first-order valence-corrected chi connectivity index (χ1v) is 14.6. The molecule has 4 N–H and O–H groups in total. The third-order valence-corrected chi connectivity index (χ3v) is 8.56. The van der Waals surface area contributed by atoms with E-state index in [1.807, 2.05) is 5.32 Å². The molecule has 2 aromatic heterocycles. The summed E-state index contributed by atoms with van der Waals surface area (Å²) < 4.78 is 28.0. The lowest BCUT2D eigenvalue weighted by Crippen LogP contribution is -2.41. The number of amides is 3. The highest BCUT2D eigenvalue weighted by molar-refractivity contribution is 7.17. The second-order valence-corrected chi connectivity index (χ2v) is 11.7. The minimum Gasteiger partial charge on any atom is -0.494 e. The third kappa shape index (κ3) is 6.68. The van der Waals surface area contributed by atoms with Crippen molar-refractivity contribution in [2.75, 3.05) is 38.8 Å². The van der Waals surface area contributed by atoms with Crippen LogP contribution in [0.5, 0.6) is 5.75 Å². The average molecular weight is 596 g/mol. The van der Waals surface area contributed by atoms with Gasteiger partial charge < -0.3 is 30.9 Å². The van der Waals surface area contributed by atoms with Crippen molar-refractivity contribution in [2.24, 2.45) is 5.92 Å². The Labute approximate surface area is 252 Å². The van der Waals surface area contributed by atoms with Crippen LogP contribution < -0.4 is 26.0 Å². The molecule has 2 aliphatic rings. The normalized spacial score (nSPS) is 19.7. The summed E-state index contributed by atoms with van der Waals surface area (Å²) in [5.41, 5.74) is 0.798. The number of nitrogens with zero attached hydrogens (tertiary/aromatic N) is 4. The number of hydrogen-bond acceptors (Lipinski definition) is 10. The fraction of sp³-hybridized carbons (Fsp3) is 0.448. The van der Waals surface area contributed by atoms with Crippen molar-refractivity contribution in [2.45, 2.75) is 50.6 Å². The molecule has 0 unspecified atom stereocenters. The van der Waals surface area contributed by atoms with Crippen LogP contribution in [0.1, 0.15) is 62.8 Å². The van der Waals surface area contributed by atoms with Crippen molar-refractivity contribution in [3.63, 3.8) is 0 Å². The zero-order chi connectivity index (χ0) is 32.3. The summed E-state index contributed by atoms with van der Waals surface area (Å²) in [5.74, 6) is -0.995. The van der Waals surface area contributed by atoms with E-state index >= 15 is 0 Å². The summed E-state index contributed by atoms with van der Waals surface area (Å²) in [5, 5.41) is 19.2. The lowest BCUT2D eigenvalue weighted by atomic mass is 9.90. The van der Waals surface area contributed by atoms with Crippen LogP contribution in [-0.2, 0) is 4.79 Å².